The fraction of sp³-hybridized carbons (Fsp3) is 0.333. The Bertz CT molecular complexity index is 641. The molecule has 0 saturated heterocycles. The van der Waals surface area contributed by atoms with Crippen molar-refractivity contribution in [3.8, 4) is 0 Å². The van der Waals surface area contributed by atoms with E-state index < -0.39 is 11.7 Å². The number of hydrogen-bond donors (Lipinski definition) is 2. The zero-order valence-corrected chi connectivity index (χ0v) is 12.3. The molecule has 1 heterocycles. The fourth-order valence-electron chi connectivity index (χ4n) is 1.91. The van der Waals surface area contributed by atoms with Crippen molar-refractivity contribution in [2.24, 2.45) is 0 Å². The van der Waals surface area contributed by atoms with Crippen LogP contribution in [-0.2, 0) is 12.7 Å². The van der Waals surface area contributed by atoms with Crippen molar-refractivity contribution in [2.75, 3.05) is 17.2 Å². The van der Waals surface area contributed by atoms with Crippen LogP contribution < -0.4 is 10.6 Å². The Morgan fingerprint density at radius 3 is 2.64 bits per heavy atom. The summed E-state index contributed by atoms with van der Waals surface area (Å²) < 4.78 is 38.1. The molecule has 0 spiro atoms. The van der Waals surface area contributed by atoms with Crippen LogP contribution in [0.25, 0.3) is 0 Å². The Hall–Kier alpha value is -2.31. The van der Waals surface area contributed by atoms with E-state index in [0.717, 1.165) is 17.7 Å². The van der Waals surface area contributed by atoms with Gasteiger partial charge in [0.2, 0.25) is 5.95 Å². The third-order valence-electron chi connectivity index (χ3n) is 3.02. The Morgan fingerprint density at radius 2 is 1.95 bits per heavy atom. The van der Waals surface area contributed by atoms with Crippen LogP contribution in [0.1, 0.15) is 23.6 Å². The lowest BCUT2D eigenvalue weighted by Gasteiger charge is -2.12. The first-order valence-electron chi connectivity index (χ1n) is 6.87. The summed E-state index contributed by atoms with van der Waals surface area (Å²) >= 11 is 0. The largest absolute Gasteiger partial charge is 0.416 e. The number of nitrogens with zero attached hydrogens (tertiary/aromatic N) is 2. The molecule has 0 aliphatic rings. The molecule has 1 aromatic heterocycles. The van der Waals surface area contributed by atoms with Crippen LogP contribution in [0.2, 0.25) is 0 Å². The molecule has 0 aliphatic carbocycles. The van der Waals surface area contributed by atoms with E-state index in [9.17, 15) is 13.2 Å². The monoisotopic (exact) mass is 310 g/mol. The summed E-state index contributed by atoms with van der Waals surface area (Å²) in [7, 11) is 0. The zero-order chi connectivity index (χ0) is 16.2. The second-order valence-electron chi connectivity index (χ2n) is 4.81. The molecule has 7 heteroatoms. The number of aromatic nitrogens is 2. The smallest absolute Gasteiger partial charge is 0.366 e. The van der Waals surface area contributed by atoms with Crippen LogP contribution in [0.15, 0.2) is 30.5 Å². The molecule has 0 amide bonds. The van der Waals surface area contributed by atoms with Crippen molar-refractivity contribution in [1.82, 2.24) is 9.97 Å². The van der Waals surface area contributed by atoms with Gasteiger partial charge in [-0.25, -0.2) is 4.98 Å². The number of rotatable bonds is 5. The number of aryl methyl sites for hydroxylation is 1. The maximum atomic E-state index is 12.7. The summed E-state index contributed by atoms with van der Waals surface area (Å²) in [6.45, 7) is 4.71. The van der Waals surface area contributed by atoms with E-state index in [4.69, 9.17) is 0 Å². The lowest BCUT2D eigenvalue weighted by atomic mass is 10.1. The van der Waals surface area contributed by atoms with Crippen LogP contribution in [0.4, 0.5) is 24.9 Å². The minimum Gasteiger partial charge on any atom is -0.366 e. The summed E-state index contributed by atoms with van der Waals surface area (Å²) in [5.74, 6) is 1.09. The van der Waals surface area contributed by atoms with Gasteiger partial charge in [0.05, 0.1) is 5.56 Å². The number of anilines is 2. The van der Waals surface area contributed by atoms with E-state index in [1.54, 1.807) is 12.3 Å². The second-order valence-corrected chi connectivity index (χ2v) is 4.81. The van der Waals surface area contributed by atoms with E-state index in [1.807, 2.05) is 13.8 Å². The molecule has 0 bridgehead atoms. The minimum absolute atomic E-state index is 0.257. The molecule has 0 atom stereocenters. The third-order valence-corrected chi connectivity index (χ3v) is 3.02. The fourth-order valence-corrected chi connectivity index (χ4v) is 1.91. The second kappa shape index (κ2) is 6.64. The van der Waals surface area contributed by atoms with Crippen LogP contribution in [0.5, 0.6) is 0 Å². The molecule has 0 fully saturated rings. The van der Waals surface area contributed by atoms with Crippen molar-refractivity contribution in [1.29, 1.82) is 0 Å². The average molecular weight is 310 g/mol. The maximum absolute atomic E-state index is 12.7. The van der Waals surface area contributed by atoms with E-state index in [1.165, 1.54) is 6.07 Å². The zero-order valence-electron chi connectivity index (χ0n) is 12.3. The average Bonchev–Trinajstić information content (AvgIpc) is 2.47. The first-order valence-corrected chi connectivity index (χ1v) is 6.87. The number of benzene rings is 1. The van der Waals surface area contributed by atoms with Gasteiger partial charge in [-0.1, -0.05) is 12.1 Å². The van der Waals surface area contributed by atoms with Gasteiger partial charge in [-0.3, -0.25) is 0 Å². The number of alkyl halides is 3. The first kappa shape index (κ1) is 16.1. The maximum Gasteiger partial charge on any atom is 0.416 e. The highest BCUT2D eigenvalue weighted by Crippen LogP contribution is 2.29. The minimum atomic E-state index is -4.33. The summed E-state index contributed by atoms with van der Waals surface area (Å²) in [6, 6.07) is 5.23. The predicted octanol–water partition coefficient (Wildman–Crippen LogP) is 3.85. The van der Waals surface area contributed by atoms with Crippen molar-refractivity contribution in [2.45, 2.75) is 26.6 Å². The molecule has 2 N–H and O–H groups in total. The number of halogens is 3. The quantitative estimate of drug-likeness (QED) is 0.881. The molecule has 2 rings (SSSR count). The normalized spacial score (nSPS) is 11.3. The van der Waals surface area contributed by atoms with Crippen molar-refractivity contribution >= 4 is 11.8 Å². The molecule has 0 unspecified atom stereocenters. The van der Waals surface area contributed by atoms with Gasteiger partial charge in [-0.2, -0.15) is 18.2 Å². The highest BCUT2D eigenvalue weighted by atomic mass is 19.4. The van der Waals surface area contributed by atoms with Gasteiger partial charge in [0.15, 0.2) is 0 Å². The van der Waals surface area contributed by atoms with Crippen LogP contribution >= 0.6 is 0 Å². The molecule has 2 aromatic rings. The molecule has 0 radical (unpaired) electrons. The highest BCUT2D eigenvalue weighted by Gasteiger charge is 2.30. The standard InChI is InChI=1S/C15H17F3N4/c1-3-19-14-21-8-10(2)13(22-14)20-9-11-5-4-6-12(7-11)15(16,17)18/h4-8H,3,9H2,1-2H3,(H2,19,20,21,22). The molecule has 118 valence electrons. The summed E-state index contributed by atoms with van der Waals surface area (Å²) in [5, 5.41) is 6.04. The summed E-state index contributed by atoms with van der Waals surface area (Å²) in [6.07, 6.45) is -2.67. The van der Waals surface area contributed by atoms with Crippen molar-refractivity contribution in [3.63, 3.8) is 0 Å². The van der Waals surface area contributed by atoms with Crippen molar-refractivity contribution < 1.29 is 13.2 Å². The van der Waals surface area contributed by atoms with Crippen LogP contribution in [0, 0.1) is 6.92 Å². The van der Waals surface area contributed by atoms with Gasteiger partial charge < -0.3 is 10.6 Å². The first-order chi connectivity index (χ1) is 10.4. The summed E-state index contributed by atoms with van der Waals surface area (Å²) in [5.41, 5.74) is 0.714. The Balaban J connectivity index is 2.11. The molecule has 0 aliphatic heterocycles. The van der Waals surface area contributed by atoms with Crippen LogP contribution in [-0.4, -0.2) is 16.5 Å². The van der Waals surface area contributed by atoms with Crippen molar-refractivity contribution in [3.05, 3.63) is 47.2 Å². The van der Waals surface area contributed by atoms with Gasteiger partial charge in [-0.15, -0.1) is 0 Å². The summed E-state index contributed by atoms with van der Waals surface area (Å²) in [4.78, 5) is 8.41. The Kier molecular flexibility index (Phi) is 4.85. The van der Waals surface area contributed by atoms with Gasteiger partial charge in [0, 0.05) is 24.8 Å². The molecule has 0 saturated carbocycles. The van der Waals surface area contributed by atoms with Gasteiger partial charge in [-0.05, 0) is 31.5 Å². The topological polar surface area (TPSA) is 49.8 Å². The molecule has 4 nitrogen and oxygen atoms in total. The van der Waals surface area contributed by atoms with Crippen LogP contribution in [0.3, 0.4) is 0 Å². The van der Waals surface area contributed by atoms with Gasteiger partial charge in [0.1, 0.15) is 5.82 Å². The Morgan fingerprint density at radius 1 is 1.18 bits per heavy atom. The number of nitrogens with one attached hydrogen (secondary N) is 2. The van der Waals surface area contributed by atoms with Gasteiger partial charge >= 0.3 is 6.18 Å². The number of hydrogen-bond acceptors (Lipinski definition) is 4. The lowest BCUT2D eigenvalue weighted by Crippen LogP contribution is -2.09. The Labute approximate surface area is 126 Å². The highest BCUT2D eigenvalue weighted by molar-refractivity contribution is 5.47. The van der Waals surface area contributed by atoms with Gasteiger partial charge in [0.25, 0.3) is 0 Å². The molecule has 22 heavy (non-hydrogen) atoms. The predicted molar refractivity (Wildman–Crippen MR) is 79.7 cm³/mol. The molecular formula is C15H17F3N4. The van der Waals surface area contributed by atoms with E-state index in [2.05, 4.69) is 20.6 Å². The third kappa shape index (κ3) is 4.09. The van der Waals surface area contributed by atoms with E-state index in [0.29, 0.717) is 23.9 Å². The lowest BCUT2D eigenvalue weighted by molar-refractivity contribution is -0.137. The van der Waals surface area contributed by atoms with E-state index >= 15 is 0 Å². The van der Waals surface area contributed by atoms with E-state index in [-0.39, 0.29) is 6.54 Å². The molecular weight excluding hydrogens is 293 g/mol. The SMILES string of the molecule is CCNc1ncc(C)c(NCc2cccc(C(F)(F)F)c2)n1. The molecule has 1 aromatic carbocycles.